The van der Waals surface area contributed by atoms with Crippen molar-refractivity contribution in [3.63, 3.8) is 0 Å². The maximum absolute atomic E-state index is 13.1. The number of carbonyl (C=O) groups excluding carboxylic acids is 1. The van der Waals surface area contributed by atoms with Gasteiger partial charge in [0.1, 0.15) is 5.82 Å². The van der Waals surface area contributed by atoms with E-state index in [9.17, 15) is 4.79 Å². The summed E-state index contributed by atoms with van der Waals surface area (Å²) in [6.07, 6.45) is 8.88. The highest BCUT2D eigenvalue weighted by Gasteiger charge is 2.27. The van der Waals surface area contributed by atoms with E-state index in [1.165, 1.54) is 19.3 Å². The molecule has 2 aromatic rings. The molecule has 136 valence electrons. The van der Waals surface area contributed by atoms with Crippen molar-refractivity contribution < 1.29 is 4.79 Å². The van der Waals surface area contributed by atoms with Crippen LogP contribution in [0.3, 0.4) is 0 Å². The first kappa shape index (κ1) is 16.8. The fraction of sp³-hybridized carbons (Fsp3) is 0.474. The van der Waals surface area contributed by atoms with E-state index in [1.807, 2.05) is 23.1 Å². The molecule has 7 heteroatoms. The highest BCUT2D eigenvalue weighted by molar-refractivity contribution is 5.99. The number of carbonyl (C=O) groups is 1. The number of piperazine rings is 1. The average molecular weight is 352 g/mol. The van der Waals surface area contributed by atoms with Gasteiger partial charge in [-0.3, -0.25) is 4.79 Å². The fourth-order valence-corrected chi connectivity index (χ4v) is 3.66. The molecule has 1 amide bonds. The van der Waals surface area contributed by atoms with E-state index >= 15 is 0 Å². The van der Waals surface area contributed by atoms with Crippen molar-refractivity contribution in [3.8, 4) is 0 Å². The average Bonchev–Trinajstić information content (AvgIpc) is 2.75. The van der Waals surface area contributed by atoms with Gasteiger partial charge in [-0.15, -0.1) is 0 Å². The Morgan fingerprint density at radius 1 is 0.769 bits per heavy atom. The number of hydrogen-bond donors (Lipinski definition) is 0. The quantitative estimate of drug-likeness (QED) is 0.840. The Hall–Kier alpha value is -2.70. The number of amides is 1. The van der Waals surface area contributed by atoms with Crippen LogP contribution in [0.5, 0.6) is 0 Å². The zero-order chi connectivity index (χ0) is 17.8. The minimum absolute atomic E-state index is 0.0762. The first-order valence-electron chi connectivity index (χ1n) is 9.34. The van der Waals surface area contributed by atoms with Gasteiger partial charge in [0, 0.05) is 57.9 Å². The van der Waals surface area contributed by atoms with Crippen LogP contribution in [0.15, 0.2) is 36.8 Å². The predicted molar refractivity (Wildman–Crippen MR) is 100 cm³/mol. The molecule has 4 rings (SSSR count). The zero-order valence-electron chi connectivity index (χ0n) is 14.9. The van der Waals surface area contributed by atoms with Gasteiger partial charge in [-0.1, -0.05) is 0 Å². The molecule has 0 N–H and O–H groups in total. The lowest BCUT2D eigenvalue weighted by atomic mass is 10.1. The van der Waals surface area contributed by atoms with Crippen LogP contribution in [-0.4, -0.2) is 65.0 Å². The van der Waals surface area contributed by atoms with E-state index in [0.29, 0.717) is 13.1 Å². The van der Waals surface area contributed by atoms with E-state index in [0.717, 1.165) is 43.5 Å². The Balaban J connectivity index is 1.46. The molecule has 2 aliphatic rings. The van der Waals surface area contributed by atoms with Gasteiger partial charge in [-0.2, -0.15) is 0 Å². The van der Waals surface area contributed by atoms with Crippen molar-refractivity contribution in [2.75, 3.05) is 49.1 Å². The van der Waals surface area contributed by atoms with Crippen LogP contribution in [0.25, 0.3) is 0 Å². The second kappa shape index (κ2) is 7.68. The monoisotopic (exact) mass is 352 g/mol. The van der Waals surface area contributed by atoms with Gasteiger partial charge in [0.2, 0.25) is 5.95 Å². The Morgan fingerprint density at radius 3 is 2.19 bits per heavy atom. The first-order chi connectivity index (χ1) is 12.8. The van der Waals surface area contributed by atoms with Gasteiger partial charge in [0.25, 0.3) is 5.91 Å². The van der Waals surface area contributed by atoms with E-state index in [2.05, 4.69) is 24.8 Å². The molecule has 0 unspecified atom stereocenters. The van der Waals surface area contributed by atoms with Crippen LogP contribution >= 0.6 is 0 Å². The Bertz CT molecular complexity index is 739. The van der Waals surface area contributed by atoms with E-state index in [1.54, 1.807) is 18.6 Å². The topological polar surface area (TPSA) is 65.5 Å². The maximum atomic E-state index is 13.1. The van der Waals surface area contributed by atoms with Crippen LogP contribution in [0.1, 0.15) is 29.6 Å². The van der Waals surface area contributed by atoms with Crippen LogP contribution in [0.4, 0.5) is 11.8 Å². The van der Waals surface area contributed by atoms with Gasteiger partial charge in [0.05, 0.1) is 5.56 Å². The van der Waals surface area contributed by atoms with Crippen LogP contribution in [0.2, 0.25) is 0 Å². The van der Waals surface area contributed by atoms with Crippen molar-refractivity contribution in [1.29, 1.82) is 0 Å². The van der Waals surface area contributed by atoms with Gasteiger partial charge in [-0.05, 0) is 37.5 Å². The number of nitrogens with zero attached hydrogens (tertiary/aromatic N) is 6. The molecule has 2 aromatic heterocycles. The van der Waals surface area contributed by atoms with E-state index < -0.39 is 0 Å². The van der Waals surface area contributed by atoms with E-state index in [-0.39, 0.29) is 5.91 Å². The number of piperidine rings is 1. The van der Waals surface area contributed by atoms with Crippen LogP contribution < -0.4 is 9.80 Å². The summed E-state index contributed by atoms with van der Waals surface area (Å²) in [6, 6.07) is 5.58. The molecule has 0 bridgehead atoms. The molecular formula is C19H24N6O. The molecule has 2 fully saturated rings. The summed E-state index contributed by atoms with van der Waals surface area (Å²) in [4.78, 5) is 32.5. The number of anilines is 2. The lowest BCUT2D eigenvalue weighted by Crippen LogP contribution is -2.49. The molecule has 2 saturated heterocycles. The molecule has 7 nitrogen and oxygen atoms in total. The first-order valence-corrected chi connectivity index (χ1v) is 9.34. The summed E-state index contributed by atoms with van der Waals surface area (Å²) in [5, 5.41) is 0. The van der Waals surface area contributed by atoms with Gasteiger partial charge in [-0.25, -0.2) is 15.0 Å². The number of rotatable bonds is 3. The van der Waals surface area contributed by atoms with Gasteiger partial charge in [0.15, 0.2) is 0 Å². The highest BCUT2D eigenvalue weighted by Crippen LogP contribution is 2.23. The minimum atomic E-state index is 0.0762. The second-order valence-corrected chi connectivity index (χ2v) is 6.75. The lowest BCUT2D eigenvalue weighted by Gasteiger charge is -2.35. The standard InChI is InChI=1S/C19H24N6O/c26-18(16-6-4-7-20-17(16)23-10-2-1-3-11-23)24-12-14-25(15-13-24)19-21-8-5-9-22-19/h4-9H,1-3,10-15H2. The van der Waals surface area contributed by atoms with Crippen molar-refractivity contribution in [2.24, 2.45) is 0 Å². The predicted octanol–water partition coefficient (Wildman–Crippen LogP) is 1.82. The summed E-state index contributed by atoms with van der Waals surface area (Å²) in [5.41, 5.74) is 0.721. The van der Waals surface area contributed by atoms with Crippen molar-refractivity contribution in [1.82, 2.24) is 19.9 Å². The molecule has 0 spiro atoms. The molecule has 0 radical (unpaired) electrons. The third-order valence-corrected chi connectivity index (χ3v) is 5.07. The summed E-state index contributed by atoms with van der Waals surface area (Å²) < 4.78 is 0. The van der Waals surface area contributed by atoms with Crippen molar-refractivity contribution >= 4 is 17.7 Å². The van der Waals surface area contributed by atoms with Crippen molar-refractivity contribution in [2.45, 2.75) is 19.3 Å². The maximum Gasteiger partial charge on any atom is 0.257 e. The summed E-state index contributed by atoms with van der Waals surface area (Å²) in [6.45, 7) is 4.80. The number of pyridine rings is 1. The molecular weight excluding hydrogens is 328 g/mol. The normalized spacial score (nSPS) is 18.1. The van der Waals surface area contributed by atoms with Crippen molar-refractivity contribution in [3.05, 3.63) is 42.4 Å². The fourth-order valence-electron chi connectivity index (χ4n) is 3.66. The minimum Gasteiger partial charge on any atom is -0.356 e. The summed E-state index contributed by atoms with van der Waals surface area (Å²) in [7, 11) is 0. The largest absolute Gasteiger partial charge is 0.356 e. The molecule has 2 aliphatic heterocycles. The molecule has 0 aliphatic carbocycles. The SMILES string of the molecule is O=C(c1cccnc1N1CCCCC1)N1CCN(c2ncccn2)CC1. The smallest absolute Gasteiger partial charge is 0.257 e. The van der Waals surface area contributed by atoms with Crippen LogP contribution in [0, 0.1) is 0 Å². The summed E-state index contributed by atoms with van der Waals surface area (Å²) >= 11 is 0. The molecule has 26 heavy (non-hydrogen) atoms. The molecule has 0 saturated carbocycles. The number of aromatic nitrogens is 3. The number of hydrogen-bond acceptors (Lipinski definition) is 6. The Morgan fingerprint density at radius 2 is 1.46 bits per heavy atom. The third kappa shape index (κ3) is 3.47. The zero-order valence-corrected chi connectivity index (χ0v) is 14.9. The molecule has 0 atom stereocenters. The molecule has 0 aromatic carbocycles. The summed E-state index contributed by atoms with van der Waals surface area (Å²) in [5.74, 6) is 1.65. The Labute approximate surface area is 153 Å². The van der Waals surface area contributed by atoms with Gasteiger partial charge < -0.3 is 14.7 Å². The van der Waals surface area contributed by atoms with E-state index in [4.69, 9.17) is 0 Å². The molecule has 4 heterocycles. The second-order valence-electron chi connectivity index (χ2n) is 6.75. The third-order valence-electron chi connectivity index (χ3n) is 5.07. The lowest BCUT2D eigenvalue weighted by molar-refractivity contribution is 0.0746. The highest BCUT2D eigenvalue weighted by atomic mass is 16.2. The van der Waals surface area contributed by atoms with Crippen LogP contribution in [-0.2, 0) is 0 Å². The van der Waals surface area contributed by atoms with Gasteiger partial charge >= 0.3 is 0 Å². The Kier molecular flexibility index (Phi) is 4.95.